The number of hydrogen-bond donors (Lipinski definition) is 2. The first-order chi connectivity index (χ1) is 9.86. The summed E-state index contributed by atoms with van der Waals surface area (Å²) < 4.78 is 27.7. The van der Waals surface area contributed by atoms with Crippen molar-refractivity contribution in [3.63, 3.8) is 0 Å². The number of nitrogens with one attached hydrogen (secondary N) is 1. The van der Waals surface area contributed by atoms with Crippen LogP contribution < -0.4 is 4.72 Å². The lowest BCUT2D eigenvalue weighted by molar-refractivity contribution is 0.0697. The summed E-state index contributed by atoms with van der Waals surface area (Å²) in [7, 11) is -1.88. The van der Waals surface area contributed by atoms with E-state index in [1.165, 1.54) is 16.4 Å². The smallest absolute Gasteiger partial charge is 0.335 e. The highest BCUT2D eigenvalue weighted by molar-refractivity contribution is 7.87. The Morgan fingerprint density at radius 3 is 2.43 bits per heavy atom. The van der Waals surface area contributed by atoms with Gasteiger partial charge in [-0.25, -0.2) is 9.52 Å². The molecule has 0 saturated heterocycles. The molecule has 118 valence electrons. The highest BCUT2D eigenvalue weighted by Crippen LogP contribution is 2.05. The molecule has 0 aliphatic rings. The molecule has 21 heavy (non-hydrogen) atoms. The number of rotatable bonds is 9. The van der Waals surface area contributed by atoms with Crippen molar-refractivity contribution < 1.29 is 18.3 Å². The van der Waals surface area contributed by atoms with Gasteiger partial charge in [0.15, 0.2) is 0 Å². The summed E-state index contributed by atoms with van der Waals surface area (Å²) in [4.78, 5) is 10.7. The molecule has 1 rings (SSSR count). The molecule has 1 aromatic rings. The first-order valence-electron chi connectivity index (χ1n) is 6.90. The van der Waals surface area contributed by atoms with Gasteiger partial charge in [0, 0.05) is 20.1 Å². The number of nitrogens with zero attached hydrogens (tertiary/aromatic N) is 1. The second kappa shape index (κ2) is 8.11. The Balaban J connectivity index is 2.47. The summed E-state index contributed by atoms with van der Waals surface area (Å²) in [6.07, 6.45) is 2.28. The molecule has 7 heteroatoms. The number of carbonyl (C=O) groups is 1. The fourth-order valence-corrected chi connectivity index (χ4v) is 2.70. The van der Waals surface area contributed by atoms with Gasteiger partial charge in [0.2, 0.25) is 0 Å². The monoisotopic (exact) mass is 314 g/mol. The van der Waals surface area contributed by atoms with E-state index in [0.29, 0.717) is 13.0 Å². The van der Waals surface area contributed by atoms with E-state index in [1.54, 1.807) is 19.2 Å². The Hall–Kier alpha value is -1.44. The number of unbranched alkanes of at least 4 members (excludes halogenated alkanes) is 1. The third-order valence-electron chi connectivity index (χ3n) is 3.14. The van der Waals surface area contributed by atoms with Gasteiger partial charge in [0.1, 0.15) is 0 Å². The Kier molecular flexibility index (Phi) is 6.80. The number of hydrogen-bond acceptors (Lipinski definition) is 3. The third-order valence-corrected chi connectivity index (χ3v) is 4.71. The van der Waals surface area contributed by atoms with Crippen molar-refractivity contribution in [2.75, 3.05) is 20.1 Å². The highest BCUT2D eigenvalue weighted by Gasteiger charge is 2.15. The van der Waals surface area contributed by atoms with E-state index in [-0.39, 0.29) is 12.1 Å². The third kappa shape index (κ3) is 5.82. The Labute approximate surface area is 126 Å². The maximum absolute atomic E-state index is 11.9. The van der Waals surface area contributed by atoms with Crippen molar-refractivity contribution >= 4 is 16.2 Å². The SMILES string of the molecule is CCCCN(C)S(=O)(=O)NCCc1ccc(C(=O)O)cc1. The molecule has 0 atom stereocenters. The van der Waals surface area contributed by atoms with Gasteiger partial charge in [0.05, 0.1) is 5.56 Å². The van der Waals surface area contributed by atoms with E-state index < -0.39 is 16.2 Å². The molecule has 0 saturated carbocycles. The Morgan fingerprint density at radius 1 is 1.29 bits per heavy atom. The average Bonchev–Trinajstić information content (AvgIpc) is 2.45. The molecule has 0 aliphatic heterocycles. The topological polar surface area (TPSA) is 86.7 Å². The van der Waals surface area contributed by atoms with Gasteiger partial charge in [-0.2, -0.15) is 12.7 Å². The van der Waals surface area contributed by atoms with E-state index in [9.17, 15) is 13.2 Å². The summed E-state index contributed by atoms with van der Waals surface area (Å²) in [6.45, 7) is 2.79. The molecule has 0 spiro atoms. The van der Waals surface area contributed by atoms with Gasteiger partial charge in [0.25, 0.3) is 10.2 Å². The van der Waals surface area contributed by atoms with Crippen molar-refractivity contribution in [2.24, 2.45) is 0 Å². The van der Waals surface area contributed by atoms with Crippen LogP contribution in [-0.2, 0) is 16.6 Å². The molecular formula is C14H22N2O4S. The quantitative estimate of drug-likeness (QED) is 0.723. The van der Waals surface area contributed by atoms with Crippen LogP contribution in [0, 0.1) is 0 Å². The van der Waals surface area contributed by atoms with Crippen LogP contribution in [-0.4, -0.2) is 43.9 Å². The zero-order valence-electron chi connectivity index (χ0n) is 12.4. The summed E-state index contributed by atoms with van der Waals surface area (Å²) >= 11 is 0. The number of aromatic carboxylic acids is 1. The maximum Gasteiger partial charge on any atom is 0.335 e. The molecule has 0 aromatic heterocycles. The largest absolute Gasteiger partial charge is 0.478 e. The van der Waals surface area contributed by atoms with Crippen LogP contribution in [0.15, 0.2) is 24.3 Å². The van der Waals surface area contributed by atoms with Gasteiger partial charge < -0.3 is 5.11 Å². The molecule has 0 aliphatic carbocycles. The molecule has 0 bridgehead atoms. The Bertz CT molecular complexity index is 555. The van der Waals surface area contributed by atoms with Crippen LogP contribution in [0.5, 0.6) is 0 Å². The first kappa shape index (κ1) is 17.6. The minimum atomic E-state index is -3.44. The lowest BCUT2D eigenvalue weighted by Crippen LogP contribution is -2.39. The van der Waals surface area contributed by atoms with Gasteiger partial charge in [-0.15, -0.1) is 0 Å². The molecule has 1 aromatic carbocycles. The minimum Gasteiger partial charge on any atom is -0.478 e. The predicted octanol–water partition coefficient (Wildman–Crippen LogP) is 1.49. The molecule has 0 unspecified atom stereocenters. The molecule has 2 N–H and O–H groups in total. The van der Waals surface area contributed by atoms with Gasteiger partial charge >= 0.3 is 5.97 Å². The van der Waals surface area contributed by atoms with E-state index in [0.717, 1.165) is 18.4 Å². The van der Waals surface area contributed by atoms with Crippen molar-refractivity contribution in [1.29, 1.82) is 0 Å². The summed E-state index contributed by atoms with van der Waals surface area (Å²) in [5.74, 6) is -0.972. The highest BCUT2D eigenvalue weighted by atomic mass is 32.2. The van der Waals surface area contributed by atoms with Crippen molar-refractivity contribution in [1.82, 2.24) is 9.03 Å². The fourth-order valence-electron chi connectivity index (χ4n) is 1.75. The van der Waals surface area contributed by atoms with E-state index >= 15 is 0 Å². The predicted molar refractivity (Wildman–Crippen MR) is 81.6 cm³/mol. The lowest BCUT2D eigenvalue weighted by Gasteiger charge is -2.17. The molecule has 6 nitrogen and oxygen atoms in total. The van der Waals surface area contributed by atoms with E-state index in [4.69, 9.17) is 5.11 Å². The second-order valence-corrected chi connectivity index (χ2v) is 6.69. The van der Waals surface area contributed by atoms with Crippen LogP contribution in [0.25, 0.3) is 0 Å². The normalized spacial score (nSPS) is 11.8. The fraction of sp³-hybridized carbons (Fsp3) is 0.500. The minimum absolute atomic E-state index is 0.221. The zero-order chi connectivity index (χ0) is 15.9. The summed E-state index contributed by atoms with van der Waals surface area (Å²) in [5.41, 5.74) is 1.11. The van der Waals surface area contributed by atoms with Crippen LogP contribution in [0.4, 0.5) is 0 Å². The number of carboxylic acid groups (broad SMARTS) is 1. The van der Waals surface area contributed by atoms with Crippen molar-refractivity contribution in [3.8, 4) is 0 Å². The second-order valence-electron chi connectivity index (χ2n) is 4.83. The number of benzene rings is 1. The van der Waals surface area contributed by atoms with Crippen molar-refractivity contribution in [3.05, 3.63) is 35.4 Å². The van der Waals surface area contributed by atoms with Crippen LogP contribution >= 0.6 is 0 Å². The van der Waals surface area contributed by atoms with Crippen LogP contribution in [0.2, 0.25) is 0 Å². The lowest BCUT2D eigenvalue weighted by atomic mass is 10.1. The zero-order valence-corrected chi connectivity index (χ0v) is 13.2. The van der Waals surface area contributed by atoms with Gasteiger partial charge in [-0.1, -0.05) is 25.5 Å². The first-order valence-corrected chi connectivity index (χ1v) is 8.34. The average molecular weight is 314 g/mol. The Morgan fingerprint density at radius 2 is 1.90 bits per heavy atom. The van der Waals surface area contributed by atoms with Crippen LogP contribution in [0.1, 0.15) is 35.7 Å². The summed E-state index contributed by atoms with van der Waals surface area (Å²) in [5, 5.41) is 8.79. The molecule has 0 radical (unpaired) electrons. The van der Waals surface area contributed by atoms with E-state index in [2.05, 4.69) is 4.72 Å². The van der Waals surface area contributed by atoms with Gasteiger partial charge in [-0.05, 0) is 30.5 Å². The van der Waals surface area contributed by atoms with Crippen molar-refractivity contribution in [2.45, 2.75) is 26.2 Å². The maximum atomic E-state index is 11.9. The van der Waals surface area contributed by atoms with Crippen LogP contribution in [0.3, 0.4) is 0 Å². The molecule has 0 amide bonds. The molecule has 0 heterocycles. The van der Waals surface area contributed by atoms with Gasteiger partial charge in [-0.3, -0.25) is 0 Å². The molecular weight excluding hydrogens is 292 g/mol. The summed E-state index contributed by atoms with van der Waals surface area (Å²) in [6, 6.07) is 6.41. The standard InChI is InChI=1S/C14H22N2O4S/c1-3-4-11-16(2)21(19,20)15-10-9-12-5-7-13(8-6-12)14(17)18/h5-8,15H,3-4,9-11H2,1-2H3,(H,17,18). The molecule has 0 fully saturated rings. The van der Waals surface area contributed by atoms with E-state index in [1.807, 2.05) is 6.92 Å². The number of carboxylic acids is 1.